The van der Waals surface area contributed by atoms with E-state index in [4.69, 9.17) is 9.47 Å². The average molecular weight is 569 g/mol. The van der Waals surface area contributed by atoms with E-state index in [1.54, 1.807) is 13.0 Å². The number of carbonyl (C=O) groups excluding carboxylic acids is 2. The second-order valence-corrected chi connectivity index (χ2v) is 11.0. The zero-order chi connectivity index (χ0) is 30.1. The van der Waals surface area contributed by atoms with Crippen LogP contribution in [-0.2, 0) is 25.7 Å². The third-order valence-corrected chi connectivity index (χ3v) is 8.01. The predicted molar refractivity (Wildman–Crippen MR) is 163 cm³/mol. The molecule has 6 heteroatoms. The van der Waals surface area contributed by atoms with Gasteiger partial charge in [0.1, 0.15) is 13.2 Å². The van der Waals surface area contributed by atoms with Crippen molar-refractivity contribution in [2.75, 3.05) is 6.61 Å². The van der Waals surface area contributed by atoms with Gasteiger partial charge in [-0.15, -0.1) is 0 Å². The summed E-state index contributed by atoms with van der Waals surface area (Å²) in [4.78, 5) is 25.6. The van der Waals surface area contributed by atoms with Crippen molar-refractivity contribution >= 4 is 11.9 Å². The van der Waals surface area contributed by atoms with Gasteiger partial charge < -0.3 is 19.7 Å². The number of carbonyl (C=O) groups is 2. The molecule has 1 aliphatic carbocycles. The van der Waals surface area contributed by atoms with Crippen LogP contribution in [0.1, 0.15) is 62.1 Å². The summed E-state index contributed by atoms with van der Waals surface area (Å²) >= 11 is 0. The molecule has 0 heterocycles. The highest BCUT2D eigenvalue weighted by Crippen LogP contribution is 2.44. The van der Waals surface area contributed by atoms with Crippen LogP contribution in [-0.4, -0.2) is 40.5 Å². The van der Waals surface area contributed by atoms with Crippen LogP contribution in [0.5, 0.6) is 0 Å². The zero-order valence-electron chi connectivity index (χ0n) is 24.4. The van der Waals surface area contributed by atoms with E-state index in [9.17, 15) is 19.8 Å². The number of rotatable bonds is 14. The lowest BCUT2D eigenvalue weighted by molar-refractivity contribution is -0.175. The topological polar surface area (TPSA) is 93.1 Å². The Morgan fingerprint density at radius 3 is 2.14 bits per heavy atom. The van der Waals surface area contributed by atoms with Gasteiger partial charge >= 0.3 is 11.9 Å². The molecule has 0 aromatic heterocycles. The molecule has 0 saturated carbocycles. The maximum atomic E-state index is 13.0. The number of benzene rings is 3. The Morgan fingerprint density at radius 1 is 0.929 bits per heavy atom. The maximum absolute atomic E-state index is 13.0. The van der Waals surface area contributed by atoms with Gasteiger partial charge in [-0.25, -0.2) is 4.79 Å². The van der Waals surface area contributed by atoms with Gasteiger partial charge in [-0.3, -0.25) is 4.79 Å². The van der Waals surface area contributed by atoms with E-state index in [0.29, 0.717) is 19.3 Å². The summed E-state index contributed by atoms with van der Waals surface area (Å²) in [5, 5.41) is 22.1. The molecule has 0 unspecified atom stereocenters. The van der Waals surface area contributed by atoms with E-state index < -0.39 is 17.7 Å². The summed E-state index contributed by atoms with van der Waals surface area (Å²) in [6.07, 6.45) is 2.98. The van der Waals surface area contributed by atoms with Crippen LogP contribution < -0.4 is 0 Å². The van der Waals surface area contributed by atoms with E-state index in [0.717, 1.165) is 22.3 Å². The van der Waals surface area contributed by atoms with E-state index in [-0.39, 0.29) is 37.4 Å². The number of esters is 2. The third kappa shape index (κ3) is 7.25. The smallest absolute Gasteiger partial charge is 0.345 e. The second-order valence-electron chi connectivity index (χ2n) is 11.0. The van der Waals surface area contributed by atoms with Gasteiger partial charge in [0.25, 0.3) is 0 Å². The Kier molecular flexibility index (Phi) is 10.5. The Hall–Kier alpha value is -4.00. The van der Waals surface area contributed by atoms with E-state index >= 15 is 0 Å². The first-order valence-electron chi connectivity index (χ1n) is 14.5. The molecule has 0 amide bonds. The summed E-state index contributed by atoms with van der Waals surface area (Å²) in [7, 11) is 0. The fraction of sp³-hybridized carbons (Fsp3) is 0.333. The molecule has 0 fully saturated rings. The first kappa shape index (κ1) is 30.9. The minimum atomic E-state index is -2.21. The van der Waals surface area contributed by atoms with Crippen molar-refractivity contribution in [2.24, 2.45) is 5.92 Å². The lowest BCUT2D eigenvalue weighted by Gasteiger charge is -2.31. The van der Waals surface area contributed by atoms with Gasteiger partial charge in [-0.1, -0.05) is 117 Å². The van der Waals surface area contributed by atoms with E-state index in [2.05, 4.69) is 30.8 Å². The van der Waals surface area contributed by atoms with Crippen LogP contribution in [0, 0.1) is 5.92 Å². The largest absolute Gasteiger partial charge is 0.465 e. The molecule has 0 saturated heterocycles. The summed E-state index contributed by atoms with van der Waals surface area (Å²) in [5.74, 6) is -1.57. The van der Waals surface area contributed by atoms with Crippen LogP contribution in [0.2, 0.25) is 0 Å². The standard InChI is InChI=1S/C36H40O6/c1-4-26(3)34(38)36(40,35(39)42-23-27-14-6-5-7-15-27)22-12-13-25(2)20-21-33(37)41-24-32-30-18-10-8-16-28(30)29-17-9-11-19-31(29)32/h5-12,14-19,22,26,32,34,38,40H,2,4,13,20-21,23-24H2,1,3H3/b22-12+/t26-,34+,36-/m0/s1. The van der Waals surface area contributed by atoms with Gasteiger partial charge in [0.15, 0.2) is 0 Å². The van der Waals surface area contributed by atoms with Crippen molar-refractivity contribution in [3.05, 3.63) is 120 Å². The number of hydrogen-bond donors (Lipinski definition) is 2. The monoisotopic (exact) mass is 568 g/mol. The van der Waals surface area contributed by atoms with Gasteiger partial charge in [0.2, 0.25) is 5.60 Å². The lowest BCUT2D eigenvalue weighted by Crippen LogP contribution is -2.51. The highest BCUT2D eigenvalue weighted by Gasteiger charge is 2.44. The summed E-state index contributed by atoms with van der Waals surface area (Å²) in [6, 6.07) is 25.5. The van der Waals surface area contributed by atoms with Crippen molar-refractivity contribution in [3.63, 3.8) is 0 Å². The molecule has 6 nitrogen and oxygen atoms in total. The van der Waals surface area contributed by atoms with Gasteiger partial charge in [-0.05, 0) is 52.7 Å². The van der Waals surface area contributed by atoms with Crippen LogP contribution in [0.15, 0.2) is 103 Å². The maximum Gasteiger partial charge on any atom is 0.345 e. The van der Waals surface area contributed by atoms with Crippen molar-refractivity contribution in [1.29, 1.82) is 0 Å². The van der Waals surface area contributed by atoms with Crippen molar-refractivity contribution in [1.82, 2.24) is 0 Å². The fourth-order valence-electron chi connectivity index (χ4n) is 5.26. The number of allylic oxidation sites excluding steroid dienone is 2. The molecule has 1 aliphatic rings. The van der Waals surface area contributed by atoms with Crippen LogP contribution in [0.3, 0.4) is 0 Å². The van der Waals surface area contributed by atoms with Crippen LogP contribution in [0.25, 0.3) is 11.1 Å². The Balaban J connectivity index is 1.29. The normalized spacial score (nSPS) is 15.3. The van der Waals surface area contributed by atoms with Crippen LogP contribution >= 0.6 is 0 Å². The average Bonchev–Trinajstić information content (AvgIpc) is 3.34. The number of aliphatic hydroxyl groups excluding tert-OH is 1. The first-order valence-corrected chi connectivity index (χ1v) is 14.5. The molecule has 3 aromatic carbocycles. The van der Waals surface area contributed by atoms with Gasteiger partial charge in [0.05, 0.1) is 6.10 Å². The molecular weight excluding hydrogens is 528 g/mol. The minimum Gasteiger partial charge on any atom is -0.465 e. The molecule has 3 atom stereocenters. The third-order valence-electron chi connectivity index (χ3n) is 8.01. The summed E-state index contributed by atoms with van der Waals surface area (Å²) in [6.45, 7) is 7.93. The number of hydrogen-bond acceptors (Lipinski definition) is 6. The molecule has 0 spiro atoms. The highest BCUT2D eigenvalue weighted by molar-refractivity contribution is 5.83. The number of ether oxygens (including phenoxy) is 2. The quantitative estimate of drug-likeness (QED) is 0.170. The molecule has 4 rings (SSSR count). The highest BCUT2D eigenvalue weighted by atomic mass is 16.6. The fourth-order valence-corrected chi connectivity index (χ4v) is 5.26. The second kappa shape index (κ2) is 14.3. The SMILES string of the molecule is C=C(C/C=C/[C@@](O)(C(=O)OCc1ccccc1)[C@H](O)[C@@H](C)CC)CCC(=O)OCC1c2ccccc2-c2ccccc21. The zero-order valence-corrected chi connectivity index (χ0v) is 24.4. The molecule has 220 valence electrons. The lowest BCUT2D eigenvalue weighted by atomic mass is 9.85. The molecule has 0 radical (unpaired) electrons. The molecule has 0 aliphatic heterocycles. The van der Waals surface area contributed by atoms with E-state index in [1.807, 2.05) is 61.5 Å². The molecule has 42 heavy (non-hydrogen) atoms. The minimum absolute atomic E-state index is 0.00347. The van der Waals surface area contributed by atoms with E-state index in [1.165, 1.54) is 17.2 Å². The van der Waals surface area contributed by atoms with Gasteiger partial charge in [0, 0.05) is 12.3 Å². The molecule has 2 N–H and O–H groups in total. The Labute approximate surface area is 248 Å². The first-order chi connectivity index (χ1) is 20.2. The van der Waals surface area contributed by atoms with Gasteiger partial charge in [-0.2, -0.15) is 0 Å². The molecule has 0 bridgehead atoms. The summed E-state index contributed by atoms with van der Waals surface area (Å²) in [5.41, 5.74) is 3.98. The van der Waals surface area contributed by atoms with Crippen molar-refractivity contribution < 1.29 is 29.3 Å². The van der Waals surface area contributed by atoms with Crippen molar-refractivity contribution in [2.45, 2.75) is 63.8 Å². The molecule has 3 aromatic rings. The van der Waals surface area contributed by atoms with Crippen LogP contribution in [0.4, 0.5) is 0 Å². The number of fused-ring (bicyclic) bond motifs is 3. The Morgan fingerprint density at radius 2 is 1.52 bits per heavy atom. The Bertz CT molecular complexity index is 1370. The number of aliphatic hydroxyl groups is 2. The molecular formula is C36H40O6. The summed E-state index contributed by atoms with van der Waals surface area (Å²) < 4.78 is 11.1. The van der Waals surface area contributed by atoms with Crippen molar-refractivity contribution in [3.8, 4) is 11.1 Å². The predicted octanol–water partition coefficient (Wildman–Crippen LogP) is 6.51.